The Morgan fingerprint density at radius 2 is 2.11 bits per heavy atom. The molecular weight excluding hydrogens is 235 g/mol. The molecule has 0 bridgehead atoms. The van der Waals surface area contributed by atoms with E-state index in [1.165, 1.54) is 13.2 Å². The quantitative estimate of drug-likeness (QED) is 0.750. The molecular formula is C14H19FO3. The summed E-state index contributed by atoms with van der Waals surface area (Å²) in [6.45, 7) is 4.19. The molecule has 0 spiro atoms. The number of rotatable bonds is 7. The highest BCUT2D eigenvalue weighted by molar-refractivity contribution is 5.85. The second kappa shape index (κ2) is 7.11. The first kappa shape index (κ1) is 14.6. The van der Waals surface area contributed by atoms with Gasteiger partial charge in [-0.15, -0.1) is 0 Å². The predicted molar refractivity (Wildman–Crippen MR) is 67.4 cm³/mol. The summed E-state index contributed by atoms with van der Waals surface area (Å²) in [5.74, 6) is -0.420. The van der Waals surface area contributed by atoms with E-state index in [-0.39, 0.29) is 18.0 Å². The Kier molecular flexibility index (Phi) is 5.78. The van der Waals surface area contributed by atoms with Crippen molar-refractivity contribution in [3.8, 4) is 5.75 Å². The zero-order valence-electron chi connectivity index (χ0n) is 11.0. The fraction of sp³-hybridized carbons (Fsp3) is 0.500. The second-order valence-corrected chi connectivity index (χ2v) is 3.93. The van der Waals surface area contributed by atoms with Gasteiger partial charge in [-0.1, -0.05) is 19.1 Å². The standard InChI is InChI=1S/C14H19FO3/c1-4-12(18-5-2)11(16)9-10-7-6-8-13(17-3)14(10)15/h6-8,12H,4-5,9H2,1-3H3. The number of carbonyl (C=O) groups is 1. The van der Waals surface area contributed by atoms with Crippen molar-refractivity contribution in [1.82, 2.24) is 0 Å². The molecule has 0 saturated carbocycles. The molecule has 0 saturated heterocycles. The van der Waals surface area contributed by atoms with Crippen molar-refractivity contribution in [2.24, 2.45) is 0 Å². The molecule has 1 aromatic rings. The first-order valence-corrected chi connectivity index (χ1v) is 6.09. The molecule has 0 aromatic heterocycles. The third kappa shape index (κ3) is 3.53. The highest BCUT2D eigenvalue weighted by atomic mass is 19.1. The molecule has 1 atom stereocenters. The Morgan fingerprint density at radius 3 is 2.67 bits per heavy atom. The van der Waals surface area contributed by atoms with Crippen molar-refractivity contribution in [2.45, 2.75) is 32.8 Å². The summed E-state index contributed by atoms with van der Waals surface area (Å²) in [4.78, 5) is 12.0. The third-order valence-electron chi connectivity index (χ3n) is 2.73. The molecule has 0 aliphatic rings. The highest BCUT2D eigenvalue weighted by Crippen LogP contribution is 2.21. The Balaban J connectivity index is 2.81. The van der Waals surface area contributed by atoms with Crippen LogP contribution in [0.5, 0.6) is 5.75 Å². The van der Waals surface area contributed by atoms with Gasteiger partial charge in [0.25, 0.3) is 0 Å². The van der Waals surface area contributed by atoms with Crippen LogP contribution in [-0.2, 0) is 16.0 Å². The molecule has 100 valence electrons. The monoisotopic (exact) mass is 254 g/mol. The summed E-state index contributed by atoms with van der Waals surface area (Å²) in [7, 11) is 1.40. The van der Waals surface area contributed by atoms with Crippen molar-refractivity contribution < 1.29 is 18.7 Å². The normalized spacial score (nSPS) is 12.2. The maximum atomic E-state index is 13.9. The summed E-state index contributed by atoms with van der Waals surface area (Å²) >= 11 is 0. The number of hydrogen-bond acceptors (Lipinski definition) is 3. The molecule has 3 nitrogen and oxygen atoms in total. The van der Waals surface area contributed by atoms with E-state index in [0.29, 0.717) is 18.6 Å². The fourth-order valence-corrected chi connectivity index (χ4v) is 1.79. The fourth-order valence-electron chi connectivity index (χ4n) is 1.79. The van der Waals surface area contributed by atoms with Gasteiger partial charge in [-0.2, -0.15) is 0 Å². The second-order valence-electron chi connectivity index (χ2n) is 3.93. The largest absolute Gasteiger partial charge is 0.494 e. The molecule has 0 aliphatic heterocycles. The molecule has 1 unspecified atom stereocenters. The number of benzene rings is 1. The van der Waals surface area contributed by atoms with Crippen LogP contribution in [0.25, 0.3) is 0 Å². The Morgan fingerprint density at radius 1 is 1.39 bits per heavy atom. The number of ketones is 1. The third-order valence-corrected chi connectivity index (χ3v) is 2.73. The summed E-state index contributed by atoms with van der Waals surface area (Å²) < 4.78 is 24.1. The SMILES string of the molecule is CCOC(CC)C(=O)Cc1cccc(OC)c1F. The molecule has 0 aliphatic carbocycles. The van der Waals surface area contributed by atoms with E-state index in [1.54, 1.807) is 12.1 Å². The molecule has 4 heteroatoms. The number of halogens is 1. The molecule has 1 rings (SSSR count). The first-order valence-electron chi connectivity index (χ1n) is 6.09. The Labute approximate surface area is 107 Å². The van der Waals surface area contributed by atoms with E-state index < -0.39 is 11.9 Å². The highest BCUT2D eigenvalue weighted by Gasteiger charge is 2.19. The molecule has 0 radical (unpaired) electrons. The van der Waals surface area contributed by atoms with Crippen molar-refractivity contribution in [3.05, 3.63) is 29.6 Å². The maximum absolute atomic E-state index is 13.9. The lowest BCUT2D eigenvalue weighted by Crippen LogP contribution is -2.25. The van der Waals surface area contributed by atoms with Gasteiger partial charge in [0.1, 0.15) is 6.10 Å². The summed E-state index contributed by atoms with van der Waals surface area (Å²) in [5.41, 5.74) is 0.345. The van der Waals surface area contributed by atoms with Gasteiger partial charge in [-0.25, -0.2) is 4.39 Å². The topological polar surface area (TPSA) is 35.5 Å². The number of hydrogen-bond donors (Lipinski definition) is 0. The smallest absolute Gasteiger partial charge is 0.168 e. The van der Waals surface area contributed by atoms with Gasteiger partial charge in [0, 0.05) is 13.0 Å². The summed E-state index contributed by atoms with van der Waals surface area (Å²) in [6, 6.07) is 4.80. The van der Waals surface area contributed by atoms with Crippen LogP contribution in [0.15, 0.2) is 18.2 Å². The summed E-state index contributed by atoms with van der Waals surface area (Å²) in [5, 5.41) is 0. The van der Waals surface area contributed by atoms with Crippen LogP contribution in [0.1, 0.15) is 25.8 Å². The van der Waals surface area contributed by atoms with Crippen LogP contribution in [0.4, 0.5) is 4.39 Å². The summed E-state index contributed by atoms with van der Waals surface area (Å²) in [6.07, 6.45) is 0.167. The van der Waals surface area contributed by atoms with E-state index in [1.807, 2.05) is 13.8 Å². The molecule has 0 heterocycles. The van der Waals surface area contributed by atoms with Gasteiger partial charge in [0.15, 0.2) is 17.3 Å². The zero-order chi connectivity index (χ0) is 13.5. The predicted octanol–water partition coefficient (Wildman–Crippen LogP) is 2.76. The minimum absolute atomic E-state index is 0.0293. The molecule has 18 heavy (non-hydrogen) atoms. The molecule has 0 fully saturated rings. The van der Waals surface area contributed by atoms with Crippen molar-refractivity contribution >= 4 is 5.78 Å². The van der Waals surface area contributed by atoms with E-state index in [4.69, 9.17) is 9.47 Å². The average molecular weight is 254 g/mol. The Bertz CT molecular complexity index is 404. The lowest BCUT2D eigenvalue weighted by atomic mass is 10.0. The van der Waals surface area contributed by atoms with Gasteiger partial charge < -0.3 is 9.47 Å². The van der Waals surface area contributed by atoms with Gasteiger partial charge >= 0.3 is 0 Å². The van der Waals surface area contributed by atoms with Gasteiger partial charge in [-0.05, 0) is 25.0 Å². The maximum Gasteiger partial charge on any atom is 0.168 e. The van der Waals surface area contributed by atoms with Crippen LogP contribution in [0.2, 0.25) is 0 Å². The lowest BCUT2D eigenvalue weighted by molar-refractivity contribution is -0.129. The minimum atomic E-state index is -0.472. The van der Waals surface area contributed by atoms with Crippen molar-refractivity contribution in [2.75, 3.05) is 13.7 Å². The van der Waals surface area contributed by atoms with Crippen LogP contribution < -0.4 is 4.74 Å². The number of methoxy groups -OCH3 is 1. The van der Waals surface area contributed by atoms with Crippen molar-refractivity contribution in [1.29, 1.82) is 0 Å². The van der Waals surface area contributed by atoms with Gasteiger partial charge in [-0.3, -0.25) is 4.79 Å². The number of ether oxygens (including phenoxy) is 2. The van der Waals surface area contributed by atoms with Crippen molar-refractivity contribution in [3.63, 3.8) is 0 Å². The average Bonchev–Trinajstić information content (AvgIpc) is 2.38. The van der Waals surface area contributed by atoms with Crippen LogP contribution in [0.3, 0.4) is 0 Å². The van der Waals surface area contributed by atoms with Gasteiger partial charge in [0.05, 0.1) is 7.11 Å². The van der Waals surface area contributed by atoms with E-state index in [9.17, 15) is 9.18 Å². The molecule has 0 N–H and O–H groups in total. The Hall–Kier alpha value is -1.42. The minimum Gasteiger partial charge on any atom is -0.494 e. The lowest BCUT2D eigenvalue weighted by Gasteiger charge is -2.14. The van der Waals surface area contributed by atoms with Crippen LogP contribution in [-0.4, -0.2) is 25.6 Å². The van der Waals surface area contributed by atoms with E-state index in [0.717, 1.165) is 0 Å². The van der Waals surface area contributed by atoms with Crippen LogP contribution in [0, 0.1) is 5.82 Å². The number of Topliss-reactive ketones (excluding diaryl/α,β-unsaturated/α-hetero) is 1. The number of carbonyl (C=O) groups excluding carboxylic acids is 1. The zero-order valence-corrected chi connectivity index (χ0v) is 11.0. The molecule has 0 amide bonds. The van der Waals surface area contributed by atoms with E-state index >= 15 is 0 Å². The van der Waals surface area contributed by atoms with E-state index in [2.05, 4.69) is 0 Å². The first-order chi connectivity index (χ1) is 8.63. The van der Waals surface area contributed by atoms with Crippen LogP contribution >= 0.6 is 0 Å². The van der Waals surface area contributed by atoms with Gasteiger partial charge in [0.2, 0.25) is 0 Å². The molecule has 1 aromatic carbocycles.